The molecule has 26 heavy (non-hydrogen) atoms. The third kappa shape index (κ3) is 3.52. The first-order valence-electron chi connectivity index (χ1n) is 8.37. The monoisotopic (exact) mass is 356 g/mol. The minimum atomic E-state index is -0.735. The molecule has 7 heteroatoms. The van der Waals surface area contributed by atoms with E-state index in [0.717, 1.165) is 0 Å². The minimum Gasteiger partial charge on any atom is -0.456 e. The number of aliphatic hydroxyl groups excluding tert-OH is 1. The quantitative estimate of drug-likeness (QED) is 0.633. The molecule has 1 aliphatic carbocycles. The van der Waals surface area contributed by atoms with E-state index >= 15 is 0 Å². The summed E-state index contributed by atoms with van der Waals surface area (Å²) in [4.78, 5) is 38.7. The average molecular weight is 356 g/mol. The number of rotatable bonds is 4. The van der Waals surface area contributed by atoms with Crippen molar-refractivity contribution in [3.8, 4) is 0 Å². The Morgan fingerprint density at radius 3 is 2.73 bits per heavy atom. The van der Waals surface area contributed by atoms with Crippen molar-refractivity contribution in [3.05, 3.63) is 80.6 Å². The lowest BCUT2D eigenvalue weighted by molar-refractivity contribution is -0.0103. The molecule has 1 aliphatic rings. The Morgan fingerprint density at radius 1 is 1.31 bits per heavy atom. The Balaban J connectivity index is 1.97. The van der Waals surface area contributed by atoms with E-state index < -0.39 is 35.3 Å². The molecule has 0 saturated carbocycles. The van der Waals surface area contributed by atoms with E-state index in [2.05, 4.69) is 4.98 Å². The molecule has 0 saturated heterocycles. The standard InChI is InChI=1S/C19H20N2O5/c1-12-10-21(19(25)20-17(12)23)15-9-5-8-14(11-22)16(15)26-18(24)13-6-3-2-4-7-13/h2-8,10,14-16,22H,9,11H2,1H3,(H,20,23,25)/t14?,15-,16-/m1/s1. The van der Waals surface area contributed by atoms with E-state index in [-0.39, 0.29) is 6.61 Å². The van der Waals surface area contributed by atoms with Gasteiger partial charge < -0.3 is 9.84 Å². The number of nitrogens with one attached hydrogen (secondary N) is 1. The van der Waals surface area contributed by atoms with Crippen LogP contribution in [0.4, 0.5) is 0 Å². The second kappa shape index (κ2) is 7.53. The molecule has 0 radical (unpaired) electrons. The molecule has 0 aliphatic heterocycles. The predicted octanol–water partition coefficient (Wildman–Crippen LogP) is 1.18. The van der Waals surface area contributed by atoms with Gasteiger partial charge in [0.25, 0.3) is 5.56 Å². The van der Waals surface area contributed by atoms with Crippen molar-refractivity contribution < 1.29 is 14.6 Å². The summed E-state index contributed by atoms with van der Waals surface area (Å²) in [5.74, 6) is -0.968. The highest BCUT2D eigenvalue weighted by Gasteiger charge is 2.35. The van der Waals surface area contributed by atoms with Gasteiger partial charge in [0, 0.05) is 17.7 Å². The predicted molar refractivity (Wildman–Crippen MR) is 95.1 cm³/mol. The lowest BCUT2D eigenvalue weighted by Gasteiger charge is -2.34. The highest BCUT2D eigenvalue weighted by atomic mass is 16.5. The first-order chi connectivity index (χ1) is 12.5. The molecule has 1 aromatic heterocycles. The number of aromatic amines is 1. The molecule has 0 amide bonds. The number of aliphatic hydroxyl groups is 1. The summed E-state index contributed by atoms with van der Waals surface area (Å²) >= 11 is 0. The number of H-pyrrole nitrogens is 1. The third-order valence-corrected chi connectivity index (χ3v) is 4.53. The lowest BCUT2D eigenvalue weighted by Crippen LogP contribution is -2.43. The van der Waals surface area contributed by atoms with Crippen LogP contribution in [0.1, 0.15) is 28.4 Å². The first-order valence-corrected chi connectivity index (χ1v) is 8.37. The van der Waals surface area contributed by atoms with Crippen LogP contribution in [0, 0.1) is 12.8 Å². The lowest BCUT2D eigenvalue weighted by atomic mass is 9.88. The third-order valence-electron chi connectivity index (χ3n) is 4.53. The van der Waals surface area contributed by atoms with Crippen LogP contribution >= 0.6 is 0 Å². The fourth-order valence-electron chi connectivity index (χ4n) is 3.12. The van der Waals surface area contributed by atoms with E-state index in [4.69, 9.17) is 4.74 Å². The normalized spacial score (nSPS) is 22.2. The molecule has 3 atom stereocenters. The van der Waals surface area contributed by atoms with E-state index in [9.17, 15) is 19.5 Å². The second-order valence-corrected chi connectivity index (χ2v) is 6.29. The Bertz CT molecular complexity index is 929. The number of carbonyl (C=O) groups is 1. The molecule has 0 spiro atoms. The van der Waals surface area contributed by atoms with Gasteiger partial charge in [0.05, 0.1) is 18.2 Å². The van der Waals surface area contributed by atoms with Crippen molar-refractivity contribution in [2.45, 2.75) is 25.5 Å². The van der Waals surface area contributed by atoms with Gasteiger partial charge in [0.2, 0.25) is 0 Å². The van der Waals surface area contributed by atoms with Crippen molar-refractivity contribution in [3.63, 3.8) is 0 Å². The molecule has 1 aromatic carbocycles. The highest BCUT2D eigenvalue weighted by molar-refractivity contribution is 5.89. The van der Waals surface area contributed by atoms with Crippen molar-refractivity contribution >= 4 is 5.97 Å². The number of hydrogen-bond donors (Lipinski definition) is 2. The van der Waals surface area contributed by atoms with Gasteiger partial charge in [0.15, 0.2) is 0 Å². The molecule has 0 bridgehead atoms. The molecule has 1 heterocycles. The van der Waals surface area contributed by atoms with Crippen LogP contribution in [0.15, 0.2) is 58.3 Å². The topological polar surface area (TPSA) is 101 Å². The highest BCUT2D eigenvalue weighted by Crippen LogP contribution is 2.30. The zero-order valence-corrected chi connectivity index (χ0v) is 14.3. The Kier molecular flexibility index (Phi) is 5.18. The summed E-state index contributed by atoms with van der Waals surface area (Å²) in [7, 11) is 0. The van der Waals surface area contributed by atoms with Crippen LogP contribution in [-0.2, 0) is 4.74 Å². The number of carbonyl (C=O) groups excluding carboxylic acids is 1. The molecular formula is C19H20N2O5. The van der Waals surface area contributed by atoms with Crippen LogP contribution in [0.5, 0.6) is 0 Å². The molecule has 3 rings (SSSR count). The zero-order chi connectivity index (χ0) is 18.7. The van der Waals surface area contributed by atoms with Crippen LogP contribution in [0.2, 0.25) is 0 Å². The Morgan fingerprint density at radius 2 is 2.04 bits per heavy atom. The van der Waals surface area contributed by atoms with E-state index in [0.29, 0.717) is 17.5 Å². The smallest absolute Gasteiger partial charge is 0.338 e. The fraction of sp³-hybridized carbons (Fsp3) is 0.316. The van der Waals surface area contributed by atoms with Crippen molar-refractivity contribution in [1.82, 2.24) is 9.55 Å². The van der Waals surface area contributed by atoms with Crippen LogP contribution in [0.25, 0.3) is 0 Å². The van der Waals surface area contributed by atoms with E-state index in [1.165, 1.54) is 10.8 Å². The molecule has 2 aromatic rings. The maximum absolute atomic E-state index is 12.5. The number of aromatic nitrogens is 2. The molecule has 0 fully saturated rings. The largest absolute Gasteiger partial charge is 0.456 e. The maximum atomic E-state index is 12.5. The number of hydrogen-bond acceptors (Lipinski definition) is 5. The number of aryl methyl sites for hydroxylation is 1. The fourth-order valence-corrected chi connectivity index (χ4v) is 3.12. The van der Waals surface area contributed by atoms with Crippen molar-refractivity contribution in [1.29, 1.82) is 0 Å². The summed E-state index contributed by atoms with van der Waals surface area (Å²) in [5, 5.41) is 9.69. The van der Waals surface area contributed by atoms with Gasteiger partial charge in [-0.05, 0) is 25.5 Å². The zero-order valence-electron chi connectivity index (χ0n) is 14.3. The van der Waals surface area contributed by atoms with Gasteiger partial charge in [-0.25, -0.2) is 9.59 Å². The maximum Gasteiger partial charge on any atom is 0.338 e. The Hall–Kier alpha value is -2.93. The van der Waals surface area contributed by atoms with Crippen LogP contribution in [-0.4, -0.2) is 33.3 Å². The average Bonchev–Trinajstić information content (AvgIpc) is 2.65. The molecular weight excluding hydrogens is 336 g/mol. The van der Waals surface area contributed by atoms with E-state index in [1.54, 1.807) is 43.3 Å². The van der Waals surface area contributed by atoms with Crippen molar-refractivity contribution in [2.24, 2.45) is 5.92 Å². The van der Waals surface area contributed by atoms with Crippen LogP contribution < -0.4 is 11.2 Å². The van der Waals surface area contributed by atoms with E-state index in [1.807, 2.05) is 6.08 Å². The van der Waals surface area contributed by atoms with Gasteiger partial charge in [-0.2, -0.15) is 0 Å². The number of nitrogens with zero attached hydrogens (tertiary/aromatic N) is 1. The first kappa shape index (κ1) is 17.9. The Labute approximate surface area is 149 Å². The van der Waals surface area contributed by atoms with Gasteiger partial charge in [-0.1, -0.05) is 30.4 Å². The SMILES string of the molecule is Cc1cn([C@@H]2CC=CC(CO)[C@H]2OC(=O)c2ccccc2)c(=O)[nH]c1=O. The number of allylic oxidation sites excluding steroid dienone is 1. The van der Waals surface area contributed by atoms with Crippen molar-refractivity contribution in [2.75, 3.05) is 6.61 Å². The summed E-state index contributed by atoms with van der Waals surface area (Å²) in [6, 6.07) is 8.01. The molecule has 1 unspecified atom stereocenters. The summed E-state index contributed by atoms with van der Waals surface area (Å²) in [5.41, 5.74) is -0.247. The molecule has 2 N–H and O–H groups in total. The summed E-state index contributed by atoms with van der Waals surface area (Å²) < 4.78 is 7.04. The number of ether oxygens (including phenoxy) is 1. The summed E-state index contributed by atoms with van der Waals surface area (Å²) in [6.07, 6.45) is 4.78. The minimum absolute atomic E-state index is 0.225. The van der Waals surface area contributed by atoms with Gasteiger partial charge in [-0.15, -0.1) is 0 Å². The molecule has 136 valence electrons. The second-order valence-electron chi connectivity index (χ2n) is 6.29. The molecule has 7 nitrogen and oxygen atoms in total. The number of esters is 1. The van der Waals surface area contributed by atoms with Gasteiger partial charge in [0.1, 0.15) is 6.10 Å². The van der Waals surface area contributed by atoms with Crippen LogP contribution in [0.3, 0.4) is 0 Å². The number of benzene rings is 1. The summed E-state index contributed by atoms with van der Waals surface area (Å²) in [6.45, 7) is 1.37. The van der Waals surface area contributed by atoms with Gasteiger partial charge in [-0.3, -0.25) is 14.3 Å². The van der Waals surface area contributed by atoms with Gasteiger partial charge >= 0.3 is 11.7 Å².